The molecule has 1 aromatic rings. The molecule has 2 rings (SSSR count). The van der Waals surface area contributed by atoms with Crippen molar-refractivity contribution in [3.05, 3.63) is 28.5 Å². The van der Waals surface area contributed by atoms with E-state index in [1.165, 1.54) is 6.20 Å². The van der Waals surface area contributed by atoms with Gasteiger partial charge in [-0.15, -0.1) is 0 Å². The molecule has 1 amide bonds. The summed E-state index contributed by atoms with van der Waals surface area (Å²) < 4.78 is 23.0. The fraction of sp³-hybridized carbons (Fsp3) is 0.500. The van der Waals surface area contributed by atoms with E-state index in [-0.39, 0.29) is 29.0 Å². The zero-order valence-corrected chi connectivity index (χ0v) is 12.1. The molecule has 19 heavy (non-hydrogen) atoms. The molecule has 1 aromatic heterocycles. The maximum atomic E-state index is 12.0. The van der Waals surface area contributed by atoms with E-state index in [1.807, 2.05) is 0 Å². The van der Waals surface area contributed by atoms with Crippen LogP contribution in [0.5, 0.6) is 0 Å². The van der Waals surface area contributed by atoms with Crippen LogP contribution >= 0.6 is 11.6 Å². The van der Waals surface area contributed by atoms with E-state index in [4.69, 9.17) is 11.6 Å². The number of pyridine rings is 1. The lowest BCUT2D eigenvalue weighted by Gasteiger charge is -2.23. The standard InChI is InChI=1S/C12H15ClN2O3S/c1-8-5-11(13)10(6-14-8)12(16)15-9-3-2-4-19(17,18)7-9/h5-6,9H,2-4,7H2,1H3,(H,15,16). The van der Waals surface area contributed by atoms with Crippen LogP contribution < -0.4 is 5.32 Å². The minimum atomic E-state index is -3.04. The number of nitrogens with zero attached hydrogens (tertiary/aromatic N) is 1. The minimum absolute atomic E-state index is 0.00432. The molecule has 1 aliphatic heterocycles. The van der Waals surface area contributed by atoms with Crippen molar-refractivity contribution in [2.45, 2.75) is 25.8 Å². The highest BCUT2D eigenvalue weighted by Crippen LogP contribution is 2.17. The van der Waals surface area contributed by atoms with Crippen LogP contribution in [0.25, 0.3) is 0 Å². The van der Waals surface area contributed by atoms with Gasteiger partial charge in [-0.1, -0.05) is 11.6 Å². The summed E-state index contributed by atoms with van der Waals surface area (Å²) >= 11 is 5.98. The number of hydrogen-bond donors (Lipinski definition) is 1. The average molecular weight is 303 g/mol. The van der Waals surface area contributed by atoms with Gasteiger partial charge in [-0.3, -0.25) is 9.78 Å². The highest BCUT2D eigenvalue weighted by molar-refractivity contribution is 7.91. The first-order valence-electron chi connectivity index (χ1n) is 6.01. The molecule has 0 aromatic carbocycles. The van der Waals surface area contributed by atoms with Crippen molar-refractivity contribution in [3.63, 3.8) is 0 Å². The zero-order valence-electron chi connectivity index (χ0n) is 10.5. The third-order valence-corrected chi connectivity index (χ3v) is 5.17. The van der Waals surface area contributed by atoms with E-state index < -0.39 is 9.84 Å². The number of rotatable bonds is 2. The van der Waals surface area contributed by atoms with Crippen LogP contribution in [0.4, 0.5) is 0 Å². The van der Waals surface area contributed by atoms with Crippen LogP contribution in [0.15, 0.2) is 12.3 Å². The number of aryl methyl sites for hydroxylation is 1. The number of carbonyl (C=O) groups is 1. The van der Waals surface area contributed by atoms with Crippen LogP contribution in [-0.2, 0) is 9.84 Å². The summed E-state index contributed by atoms with van der Waals surface area (Å²) in [6, 6.07) is 1.26. The molecule has 0 spiro atoms. The Bertz CT molecular complexity index is 601. The summed E-state index contributed by atoms with van der Waals surface area (Å²) in [5, 5.41) is 3.03. The van der Waals surface area contributed by atoms with Gasteiger partial charge in [0.1, 0.15) is 0 Å². The molecule has 1 atom stereocenters. The molecular formula is C12H15ClN2O3S. The van der Waals surface area contributed by atoms with Gasteiger partial charge in [0.05, 0.1) is 22.1 Å². The molecule has 7 heteroatoms. The summed E-state index contributed by atoms with van der Waals surface area (Å²) in [7, 11) is -3.04. The molecular weight excluding hydrogens is 288 g/mol. The zero-order chi connectivity index (χ0) is 14.0. The van der Waals surface area contributed by atoms with Gasteiger partial charge in [0.2, 0.25) is 0 Å². The Kier molecular flexibility index (Phi) is 4.10. The topological polar surface area (TPSA) is 76.1 Å². The fourth-order valence-corrected chi connectivity index (χ4v) is 4.02. The predicted molar refractivity (Wildman–Crippen MR) is 73.1 cm³/mol. The first kappa shape index (κ1) is 14.3. The Balaban J connectivity index is 2.09. The Hall–Kier alpha value is -1.14. The van der Waals surface area contributed by atoms with Gasteiger partial charge in [0.25, 0.3) is 5.91 Å². The Labute approximate surface area is 117 Å². The summed E-state index contributed by atoms with van der Waals surface area (Å²) in [6.07, 6.45) is 2.65. The normalized spacial score (nSPS) is 21.9. The van der Waals surface area contributed by atoms with Gasteiger partial charge in [-0.05, 0) is 25.8 Å². The number of halogens is 1. The second-order valence-corrected chi connectivity index (χ2v) is 7.37. The number of aromatic nitrogens is 1. The van der Waals surface area contributed by atoms with Crippen molar-refractivity contribution in [2.24, 2.45) is 0 Å². The van der Waals surface area contributed by atoms with Crippen molar-refractivity contribution in [3.8, 4) is 0 Å². The molecule has 1 unspecified atom stereocenters. The number of hydrogen-bond acceptors (Lipinski definition) is 4. The largest absolute Gasteiger partial charge is 0.348 e. The molecule has 0 aliphatic carbocycles. The van der Waals surface area contributed by atoms with Gasteiger partial charge in [0.15, 0.2) is 9.84 Å². The van der Waals surface area contributed by atoms with Gasteiger partial charge in [-0.2, -0.15) is 0 Å². The molecule has 1 fully saturated rings. The molecule has 1 aliphatic rings. The third kappa shape index (κ3) is 3.67. The van der Waals surface area contributed by atoms with Crippen LogP contribution in [0.1, 0.15) is 28.9 Å². The fourth-order valence-electron chi connectivity index (χ4n) is 2.09. The first-order chi connectivity index (χ1) is 8.87. The maximum Gasteiger partial charge on any atom is 0.254 e. The van der Waals surface area contributed by atoms with E-state index in [2.05, 4.69) is 10.3 Å². The number of carbonyl (C=O) groups excluding carboxylic acids is 1. The molecule has 0 radical (unpaired) electrons. The van der Waals surface area contributed by atoms with Crippen LogP contribution in [0.2, 0.25) is 5.02 Å². The van der Waals surface area contributed by atoms with E-state index in [9.17, 15) is 13.2 Å². The summed E-state index contributed by atoms with van der Waals surface area (Å²) in [4.78, 5) is 16.0. The Morgan fingerprint density at radius 1 is 1.53 bits per heavy atom. The summed E-state index contributed by atoms with van der Waals surface area (Å²) in [6.45, 7) is 1.78. The van der Waals surface area contributed by atoms with E-state index in [1.54, 1.807) is 13.0 Å². The van der Waals surface area contributed by atoms with Gasteiger partial charge in [0, 0.05) is 17.9 Å². The predicted octanol–water partition coefficient (Wildman–Crippen LogP) is 1.35. The van der Waals surface area contributed by atoms with E-state index >= 15 is 0 Å². The lowest BCUT2D eigenvalue weighted by atomic mass is 10.1. The van der Waals surface area contributed by atoms with Crippen molar-refractivity contribution < 1.29 is 13.2 Å². The lowest BCUT2D eigenvalue weighted by Crippen LogP contribution is -2.43. The average Bonchev–Trinajstić information content (AvgIpc) is 2.27. The molecule has 1 saturated heterocycles. The van der Waals surface area contributed by atoms with Crippen LogP contribution in [0, 0.1) is 6.92 Å². The molecule has 5 nitrogen and oxygen atoms in total. The summed E-state index contributed by atoms with van der Waals surface area (Å²) in [5.41, 5.74) is 0.997. The van der Waals surface area contributed by atoms with Crippen LogP contribution in [0.3, 0.4) is 0 Å². The quantitative estimate of drug-likeness (QED) is 0.894. The van der Waals surface area contributed by atoms with Crippen LogP contribution in [-0.4, -0.2) is 36.9 Å². The van der Waals surface area contributed by atoms with Crippen molar-refractivity contribution in [1.82, 2.24) is 10.3 Å². The van der Waals surface area contributed by atoms with Crippen molar-refractivity contribution >= 4 is 27.3 Å². The molecule has 1 N–H and O–H groups in total. The number of sulfone groups is 1. The van der Waals surface area contributed by atoms with E-state index in [0.717, 1.165) is 5.69 Å². The molecule has 2 heterocycles. The van der Waals surface area contributed by atoms with E-state index in [0.29, 0.717) is 17.9 Å². The second kappa shape index (κ2) is 5.46. The Morgan fingerprint density at radius 2 is 2.26 bits per heavy atom. The van der Waals surface area contributed by atoms with Crippen molar-refractivity contribution in [1.29, 1.82) is 0 Å². The SMILES string of the molecule is Cc1cc(Cl)c(C(=O)NC2CCCS(=O)(=O)C2)cn1. The molecule has 104 valence electrons. The van der Waals surface area contributed by atoms with Gasteiger partial charge >= 0.3 is 0 Å². The lowest BCUT2D eigenvalue weighted by molar-refractivity contribution is 0.0938. The molecule has 0 saturated carbocycles. The van der Waals surface area contributed by atoms with Gasteiger partial charge < -0.3 is 5.32 Å². The Morgan fingerprint density at radius 3 is 2.89 bits per heavy atom. The maximum absolute atomic E-state index is 12.0. The second-order valence-electron chi connectivity index (χ2n) is 4.73. The first-order valence-corrected chi connectivity index (χ1v) is 8.21. The minimum Gasteiger partial charge on any atom is -0.348 e. The highest BCUT2D eigenvalue weighted by atomic mass is 35.5. The summed E-state index contributed by atoms with van der Waals surface area (Å²) in [5.74, 6) is -0.179. The third-order valence-electron chi connectivity index (χ3n) is 3.03. The number of amides is 1. The smallest absolute Gasteiger partial charge is 0.254 e. The monoisotopic (exact) mass is 302 g/mol. The molecule has 0 bridgehead atoms. The highest BCUT2D eigenvalue weighted by Gasteiger charge is 2.26. The van der Waals surface area contributed by atoms with Gasteiger partial charge in [-0.25, -0.2) is 8.42 Å². The number of nitrogens with one attached hydrogen (secondary N) is 1. The van der Waals surface area contributed by atoms with Crippen molar-refractivity contribution in [2.75, 3.05) is 11.5 Å².